The first-order valence-corrected chi connectivity index (χ1v) is 5.79. The van der Waals surface area contributed by atoms with Crippen molar-refractivity contribution in [1.82, 2.24) is 0 Å². The third kappa shape index (κ3) is 4.25. The molecule has 0 fully saturated rings. The summed E-state index contributed by atoms with van der Waals surface area (Å²) in [7, 11) is 0. The lowest BCUT2D eigenvalue weighted by Gasteiger charge is -2.09. The quantitative estimate of drug-likeness (QED) is 0.801. The van der Waals surface area contributed by atoms with Crippen molar-refractivity contribution in [3.63, 3.8) is 0 Å². The van der Waals surface area contributed by atoms with E-state index in [0.717, 1.165) is 12.0 Å². The maximum absolute atomic E-state index is 6.10. The minimum absolute atomic E-state index is 0.144. The van der Waals surface area contributed by atoms with Crippen molar-refractivity contribution in [3.05, 3.63) is 40.9 Å². The van der Waals surface area contributed by atoms with Crippen molar-refractivity contribution >= 4 is 11.6 Å². The normalized spacial score (nSPS) is 13.0. The Kier molecular flexibility index (Phi) is 5.36. The number of hydrogen-bond acceptors (Lipinski definition) is 2. The highest BCUT2D eigenvalue weighted by atomic mass is 35.5. The predicted molar refractivity (Wildman–Crippen MR) is 69.1 cm³/mol. The van der Waals surface area contributed by atoms with Gasteiger partial charge in [-0.25, -0.2) is 0 Å². The first-order valence-electron chi connectivity index (χ1n) is 5.41. The summed E-state index contributed by atoms with van der Waals surface area (Å²) in [5.41, 5.74) is 6.86. The van der Waals surface area contributed by atoms with Crippen LogP contribution in [0.3, 0.4) is 0 Å². The molecule has 88 valence electrons. The van der Waals surface area contributed by atoms with Gasteiger partial charge in [-0.3, -0.25) is 0 Å². The van der Waals surface area contributed by atoms with Crippen molar-refractivity contribution in [2.75, 3.05) is 6.61 Å². The molecule has 0 heterocycles. The molecular weight excluding hydrogens is 222 g/mol. The van der Waals surface area contributed by atoms with Gasteiger partial charge in [0.25, 0.3) is 0 Å². The summed E-state index contributed by atoms with van der Waals surface area (Å²) in [6.07, 6.45) is 4.71. The number of allylic oxidation sites excluding steroid dienone is 1. The van der Waals surface area contributed by atoms with Crippen LogP contribution in [0.2, 0.25) is 5.02 Å². The summed E-state index contributed by atoms with van der Waals surface area (Å²) in [5, 5.41) is 0.641. The minimum atomic E-state index is 0.144. The molecule has 0 aromatic heterocycles. The molecule has 0 saturated carbocycles. The molecule has 1 unspecified atom stereocenters. The standard InChI is InChI=1S/C13H18ClNO/c1-3-4-7-16-13-6-5-11(8-10(2)15)9-12(13)14/h3-6,9-10H,7-8,15H2,1-2H3. The van der Waals surface area contributed by atoms with Gasteiger partial charge in [0.2, 0.25) is 0 Å². The van der Waals surface area contributed by atoms with Crippen LogP contribution in [0.15, 0.2) is 30.4 Å². The smallest absolute Gasteiger partial charge is 0.138 e. The summed E-state index contributed by atoms with van der Waals surface area (Å²) in [6, 6.07) is 5.95. The average Bonchev–Trinajstić information content (AvgIpc) is 2.20. The van der Waals surface area contributed by atoms with E-state index in [9.17, 15) is 0 Å². The van der Waals surface area contributed by atoms with Gasteiger partial charge in [-0.15, -0.1) is 0 Å². The zero-order valence-corrected chi connectivity index (χ0v) is 10.5. The number of hydrogen-bond donors (Lipinski definition) is 1. The first-order chi connectivity index (χ1) is 7.63. The molecule has 3 heteroatoms. The van der Waals surface area contributed by atoms with Crippen molar-refractivity contribution in [2.45, 2.75) is 26.3 Å². The van der Waals surface area contributed by atoms with E-state index in [1.807, 2.05) is 44.2 Å². The fourth-order valence-corrected chi connectivity index (χ4v) is 1.65. The average molecular weight is 240 g/mol. The second-order valence-electron chi connectivity index (χ2n) is 3.83. The molecule has 1 rings (SSSR count). The Balaban J connectivity index is 2.67. The van der Waals surface area contributed by atoms with Gasteiger partial charge < -0.3 is 10.5 Å². The van der Waals surface area contributed by atoms with Crippen molar-refractivity contribution in [1.29, 1.82) is 0 Å². The summed E-state index contributed by atoms with van der Waals surface area (Å²) in [4.78, 5) is 0. The highest BCUT2D eigenvalue weighted by molar-refractivity contribution is 6.32. The second-order valence-corrected chi connectivity index (χ2v) is 4.23. The molecule has 0 bridgehead atoms. The Labute approximate surface area is 102 Å². The molecule has 0 aliphatic heterocycles. The molecule has 0 aliphatic carbocycles. The molecular formula is C13H18ClNO. The van der Waals surface area contributed by atoms with Crippen LogP contribution in [0.1, 0.15) is 19.4 Å². The van der Waals surface area contributed by atoms with E-state index in [1.54, 1.807) is 0 Å². The fourth-order valence-electron chi connectivity index (χ4n) is 1.39. The largest absolute Gasteiger partial charge is 0.488 e. The molecule has 0 amide bonds. The second kappa shape index (κ2) is 6.56. The highest BCUT2D eigenvalue weighted by Crippen LogP contribution is 2.25. The Morgan fingerprint density at radius 3 is 2.81 bits per heavy atom. The lowest BCUT2D eigenvalue weighted by molar-refractivity contribution is 0.363. The van der Waals surface area contributed by atoms with Crippen LogP contribution in [0.4, 0.5) is 0 Å². The zero-order valence-electron chi connectivity index (χ0n) is 9.74. The van der Waals surface area contributed by atoms with Crippen LogP contribution in [-0.4, -0.2) is 12.6 Å². The van der Waals surface area contributed by atoms with Crippen LogP contribution < -0.4 is 10.5 Å². The zero-order chi connectivity index (χ0) is 12.0. The predicted octanol–water partition coefficient (Wildman–Crippen LogP) is 3.18. The summed E-state index contributed by atoms with van der Waals surface area (Å²) in [5.74, 6) is 0.716. The van der Waals surface area contributed by atoms with Gasteiger partial charge in [-0.1, -0.05) is 29.8 Å². The van der Waals surface area contributed by atoms with E-state index in [-0.39, 0.29) is 6.04 Å². The molecule has 2 nitrogen and oxygen atoms in total. The van der Waals surface area contributed by atoms with E-state index in [0.29, 0.717) is 17.4 Å². The lowest BCUT2D eigenvalue weighted by atomic mass is 10.1. The van der Waals surface area contributed by atoms with E-state index < -0.39 is 0 Å². The minimum Gasteiger partial charge on any atom is -0.488 e. The Morgan fingerprint density at radius 1 is 1.50 bits per heavy atom. The number of rotatable bonds is 5. The molecule has 0 aliphatic rings. The van der Waals surface area contributed by atoms with Crippen LogP contribution >= 0.6 is 11.6 Å². The van der Waals surface area contributed by atoms with Crippen LogP contribution in [0.5, 0.6) is 5.75 Å². The van der Waals surface area contributed by atoms with E-state index in [1.165, 1.54) is 0 Å². The SMILES string of the molecule is CC=CCOc1ccc(CC(C)N)cc1Cl. The van der Waals surface area contributed by atoms with Gasteiger partial charge in [0.05, 0.1) is 5.02 Å². The molecule has 0 spiro atoms. The highest BCUT2D eigenvalue weighted by Gasteiger charge is 2.04. The summed E-state index contributed by atoms with van der Waals surface area (Å²) >= 11 is 6.10. The summed E-state index contributed by atoms with van der Waals surface area (Å²) < 4.78 is 5.49. The molecule has 1 aromatic carbocycles. The Morgan fingerprint density at radius 2 is 2.25 bits per heavy atom. The number of nitrogens with two attached hydrogens (primary N) is 1. The summed E-state index contributed by atoms with van der Waals surface area (Å²) in [6.45, 7) is 4.48. The number of benzene rings is 1. The molecule has 0 saturated heterocycles. The van der Waals surface area contributed by atoms with Gasteiger partial charge in [0, 0.05) is 6.04 Å². The maximum atomic E-state index is 6.10. The van der Waals surface area contributed by atoms with E-state index in [4.69, 9.17) is 22.1 Å². The molecule has 16 heavy (non-hydrogen) atoms. The lowest BCUT2D eigenvalue weighted by Crippen LogP contribution is -2.17. The van der Waals surface area contributed by atoms with Gasteiger partial charge >= 0.3 is 0 Å². The number of halogens is 1. The van der Waals surface area contributed by atoms with Crippen molar-refractivity contribution < 1.29 is 4.74 Å². The molecule has 2 N–H and O–H groups in total. The fraction of sp³-hybridized carbons (Fsp3) is 0.385. The third-order valence-corrected chi connectivity index (χ3v) is 2.42. The topological polar surface area (TPSA) is 35.2 Å². The van der Waals surface area contributed by atoms with Gasteiger partial charge in [0.15, 0.2) is 0 Å². The Bertz CT molecular complexity index is 361. The first kappa shape index (κ1) is 13.1. The van der Waals surface area contributed by atoms with Gasteiger partial charge in [-0.2, -0.15) is 0 Å². The Hall–Kier alpha value is -0.990. The van der Waals surface area contributed by atoms with Crippen molar-refractivity contribution in [3.8, 4) is 5.75 Å². The third-order valence-electron chi connectivity index (χ3n) is 2.12. The van der Waals surface area contributed by atoms with E-state index in [2.05, 4.69) is 0 Å². The molecule has 0 radical (unpaired) electrons. The monoisotopic (exact) mass is 239 g/mol. The molecule has 1 aromatic rings. The van der Waals surface area contributed by atoms with Crippen LogP contribution in [0.25, 0.3) is 0 Å². The number of ether oxygens (including phenoxy) is 1. The van der Waals surface area contributed by atoms with Crippen LogP contribution in [-0.2, 0) is 6.42 Å². The maximum Gasteiger partial charge on any atom is 0.138 e. The van der Waals surface area contributed by atoms with Crippen molar-refractivity contribution in [2.24, 2.45) is 5.73 Å². The van der Waals surface area contributed by atoms with Crippen LogP contribution in [0, 0.1) is 0 Å². The van der Waals surface area contributed by atoms with Gasteiger partial charge in [-0.05, 0) is 38.0 Å². The molecule has 1 atom stereocenters. The van der Waals surface area contributed by atoms with E-state index >= 15 is 0 Å². The van der Waals surface area contributed by atoms with Gasteiger partial charge in [0.1, 0.15) is 12.4 Å².